The van der Waals surface area contributed by atoms with Crippen LogP contribution in [-0.4, -0.2) is 32.3 Å². The van der Waals surface area contributed by atoms with E-state index in [0.29, 0.717) is 35.1 Å². The molecule has 0 unspecified atom stereocenters. The first-order valence-electron chi connectivity index (χ1n) is 9.48. The summed E-state index contributed by atoms with van der Waals surface area (Å²) in [6.45, 7) is 0. The van der Waals surface area contributed by atoms with E-state index >= 15 is 0 Å². The summed E-state index contributed by atoms with van der Waals surface area (Å²) in [6.07, 6.45) is -3.51. The minimum Gasteiger partial charge on any atom is -0.481 e. The Bertz CT molecular complexity index is 1330. The zero-order valence-electron chi connectivity index (χ0n) is 17.2. The summed E-state index contributed by atoms with van der Waals surface area (Å²) in [5.74, 6) is -1.06. The quantitative estimate of drug-likeness (QED) is 0.360. The first kappa shape index (κ1) is 23.0. The summed E-state index contributed by atoms with van der Waals surface area (Å²) in [6, 6.07) is 10.5. The van der Waals surface area contributed by atoms with Gasteiger partial charge in [-0.25, -0.2) is 14.4 Å². The number of nitrogens with zero attached hydrogens (tertiary/aromatic N) is 4. The van der Waals surface area contributed by atoms with Gasteiger partial charge < -0.3 is 10.1 Å². The molecular formula is C21H14F4N6O2S. The Morgan fingerprint density at radius 3 is 2.53 bits per heavy atom. The maximum atomic E-state index is 13.5. The molecule has 2 aromatic carbocycles. The third-order valence-corrected chi connectivity index (χ3v) is 5.08. The van der Waals surface area contributed by atoms with Crippen LogP contribution >= 0.6 is 11.5 Å². The number of amides is 1. The van der Waals surface area contributed by atoms with Crippen molar-refractivity contribution in [2.24, 2.45) is 0 Å². The van der Waals surface area contributed by atoms with Crippen LogP contribution in [0.15, 0.2) is 54.9 Å². The largest absolute Gasteiger partial charge is 0.481 e. The molecule has 0 aliphatic heterocycles. The first-order valence-corrected chi connectivity index (χ1v) is 10.3. The molecule has 4 rings (SSSR count). The minimum absolute atomic E-state index is 0.0257. The number of hydrogen-bond donors (Lipinski definition) is 2. The van der Waals surface area contributed by atoms with E-state index in [4.69, 9.17) is 4.74 Å². The van der Waals surface area contributed by atoms with E-state index in [1.54, 1.807) is 30.3 Å². The molecule has 0 saturated carbocycles. The van der Waals surface area contributed by atoms with Crippen molar-refractivity contribution < 1.29 is 27.1 Å². The van der Waals surface area contributed by atoms with E-state index < -0.39 is 23.5 Å². The number of anilines is 3. The van der Waals surface area contributed by atoms with Crippen LogP contribution in [0.1, 0.15) is 15.9 Å². The molecule has 0 fully saturated rings. The number of benzene rings is 2. The fourth-order valence-corrected chi connectivity index (χ4v) is 3.40. The monoisotopic (exact) mass is 490 g/mol. The molecule has 2 heterocycles. The van der Waals surface area contributed by atoms with E-state index in [9.17, 15) is 22.4 Å². The lowest BCUT2D eigenvalue weighted by Crippen LogP contribution is -2.11. The topological polar surface area (TPSA) is 102 Å². The average molecular weight is 490 g/mol. The van der Waals surface area contributed by atoms with Crippen molar-refractivity contribution in [2.75, 3.05) is 17.7 Å². The molecule has 0 saturated heterocycles. The van der Waals surface area contributed by atoms with Gasteiger partial charge in [-0.05, 0) is 42.5 Å². The molecule has 13 heteroatoms. The number of carbonyl (C=O) groups excluding carboxylic acids is 1. The van der Waals surface area contributed by atoms with E-state index in [2.05, 4.69) is 30.0 Å². The zero-order valence-corrected chi connectivity index (χ0v) is 18.0. The highest BCUT2D eigenvalue weighted by Gasteiger charge is 2.34. The van der Waals surface area contributed by atoms with Crippen LogP contribution in [0.25, 0.3) is 11.4 Å². The summed E-state index contributed by atoms with van der Waals surface area (Å²) < 4.78 is 61.3. The Labute approximate surface area is 193 Å². The van der Waals surface area contributed by atoms with Gasteiger partial charge in [0.1, 0.15) is 18.0 Å². The van der Waals surface area contributed by atoms with E-state index in [1.807, 2.05) is 0 Å². The summed E-state index contributed by atoms with van der Waals surface area (Å²) in [7, 11) is 1.49. The molecule has 174 valence electrons. The highest BCUT2D eigenvalue weighted by atomic mass is 32.1. The van der Waals surface area contributed by atoms with Crippen LogP contribution in [0.2, 0.25) is 0 Å². The van der Waals surface area contributed by atoms with Gasteiger partial charge in [0.05, 0.1) is 12.7 Å². The highest BCUT2D eigenvalue weighted by Crippen LogP contribution is 2.34. The number of carbonyl (C=O) groups is 1. The molecule has 0 radical (unpaired) electrons. The lowest BCUT2D eigenvalue weighted by molar-refractivity contribution is -0.139. The molecule has 34 heavy (non-hydrogen) atoms. The van der Waals surface area contributed by atoms with Gasteiger partial charge in [-0.2, -0.15) is 22.5 Å². The van der Waals surface area contributed by atoms with Crippen LogP contribution in [0.5, 0.6) is 5.88 Å². The number of alkyl halides is 3. The third kappa shape index (κ3) is 5.26. The van der Waals surface area contributed by atoms with Crippen molar-refractivity contribution >= 4 is 34.1 Å². The van der Waals surface area contributed by atoms with Gasteiger partial charge in [-0.3, -0.25) is 10.1 Å². The Kier molecular flexibility index (Phi) is 6.36. The summed E-state index contributed by atoms with van der Waals surface area (Å²) in [5.41, 5.74) is -0.474. The molecule has 0 aliphatic carbocycles. The van der Waals surface area contributed by atoms with Crippen molar-refractivity contribution in [3.05, 3.63) is 71.8 Å². The van der Waals surface area contributed by atoms with Gasteiger partial charge in [0.2, 0.25) is 11.0 Å². The highest BCUT2D eigenvalue weighted by molar-refractivity contribution is 7.10. The molecule has 1 amide bonds. The normalized spacial score (nSPS) is 11.2. The number of rotatable bonds is 6. The van der Waals surface area contributed by atoms with Crippen LogP contribution in [-0.2, 0) is 6.18 Å². The number of methoxy groups -OCH3 is 1. The summed E-state index contributed by atoms with van der Waals surface area (Å²) in [4.78, 5) is 24.5. The molecule has 0 bridgehead atoms. The molecule has 4 aromatic rings. The molecule has 0 atom stereocenters. The maximum absolute atomic E-state index is 13.5. The lowest BCUT2D eigenvalue weighted by Gasteiger charge is -2.08. The molecule has 0 aliphatic rings. The van der Waals surface area contributed by atoms with E-state index in [-0.39, 0.29) is 16.5 Å². The zero-order chi connectivity index (χ0) is 24.3. The maximum Gasteiger partial charge on any atom is 0.419 e. The van der Waals surface area contributed by atoms with Crippen molar-refractivity contribution in [3.8, 4) is 17.3 Å². The third-order valence-electron chi connectivity index (χ3n) is 4.45. The standard InChI is InChI=1S/C21H14F4N6O2S/c1-33-17-9-16(26-10-27-17)28-13-5-2-11(3-6-13)19(32)30-20-29-18(31-34-20)12-4-7-15(22)14(8-12)21(23,24)25/h2-10H,1H3,(H,26,27,28)(H,29,30,31,32). The smallest absolute Gasteiger partial charge is 0.419 e. The van der Waals surface area contributed by atoms with Crippen LogP contribution in [0.3, 0.4) is 0 Å². The van der Waals surface area contributed by atoms with Crippen LogP contribution in [0.4, 0.5) is 34.2 Å². The second-order valence-corrected chi connectivity index (χ2v) is 7.47. The predicted octanol–water partition coefficient (Wildman–Crippen LogP) is 5.16. The Morgan fingerprint density at radius 1 is 1.06 bits per heavy atom. The van der Waals surface area contributed by atoms with E-state index in [1.165, 1.54) is 13.4 Å². The van der Waals surface area contributed by atoms with Gasteiger partial charge >= 0.3 is 6.18 Å². The molecule has 8 nitrogen and oxygen atoms in total. The minimum atomic E-state index is -4.85. The van der Waals surface area contributed by atoms with E-state index in [0.717, 1.165) is 17.6 Å². The van der Waals surface area contributed by atoms with Crippen molar-refractivity contribution in [3.63, 3.8) is 0 Å². The van der Waals surface area contributed by atoms with Gasteiger partial charge in [-0.15, -0.1) is 0 Å². The second-order valence-electron chi connectivity index (χ2n) is 6.72. The van der Waals surface area contributed by atoms with Crippen LogP contribution < -0.4 is 15.4 Å². The van der Waals surface area contributed by atoms with Crippen molar-refractivity contribution in [2.45, 2.75) is 6.18 Å². The van der Waals surface area contributed by atoms with Crippen molar-refractivity contribution in [1.82, 2.24) is 19.3 Å². The fourth-order valence-electron chi connectivity index (χ4n) is 2.81. The number of halogens is 4. The molecule has 2 N–H and O–H groups in total. The average Bonchev–Trinajstić information content (AvgIpc) is 3.27. The Balaban J connectivity index is 1.44. The first-order chi connectivity index (χ1) is 16.2. The Morgan fingerprint density at radius 2 is 1.82 bits per heavy atom. The summed E-state index contributed by atoms with van der Waals surface area (Å²) >= 11 is 0.787. The number of hydrogen-bond acceptors (Lipinski definition) is 8. The predicted molar refractivity (Wildman–Crippen MR) is 117 cm³/mol. The SMILES string of the molecule is COc1cc(Nc2ccc(C(=O)Nc3nc(-c4ccc(F)c(C(F)(F)F)c4)ns3)cc2)ncn1. The second kappa shape index (κ2) is 9.39. The fraction of sp³-hybridized carbons (Fsp3) is 0.0952. The van der Waals surface area contributed by atoms with Crippen molar-refractivity contribution in [1.29, 1.82) is 0 Å². The number of aromatic nitrogens is 4. The van der Waals surface area contributed by atoms with Crippen LogP contribution in [0, 0.1) is 5.82 Å². The number of ether oxygens (including phenoxy) is 1. The Hall–Kier alpha value is -4.13. The van der Waals surface area contributed by atoms with Gasteiger partial charge in [0, 0.05) is 34.4 Å². The number of nitrogens with one attached hydrogen (secondary N) is 2. The van der Waals surface area contributed by atoms with Gasteiger partial charge in [-0.1, -0.05) is 0 Å². The lowest BCUT2D eigenvalue weighted by atomic mass is 10.1. The molecular weight excluding hydrogens is 476 g/mol. The summed E-state index contributed by atoms with van der Waals surface area (Å²) in [5, 5.41) is 5.66. The van der Waals surface area contributed by atoms with Gasteiger partial charge in [0.15, 0.2) is 5.82 Å². The molecule has 2 aromatic heterocycles. The van der Waals surface area contributed by atoms with Gasteiger partial charge in [0.25, 0.3) is 5.91 Å². The molecule has 0 spiro atoms.